The Hall–Kier alpha value is -4.39. The monoisotopic (exact) mass is 508 g/mol. The minimum absolute atomic E-state index is 0.213. The molecule has 0 saturated carbocycles. The smallest absolute Gasteiger partial charge is 0.277 e. The van der Waals surface area contributed by atoms with Gasteiger partial charge in [0.15, 0.2) is 0 Å². The number of amides is 2. The molecule has 1 N–H and O–H groups in total. The van der Waals surface area contributed by atoms with E-state index >= 15 is 0 Å². The second-order valence-electron chi connectivity index (χ2n) is 10.1. The molecule has 0 bridgehead atoms. The molecule has 0 saturated heterocycles. The van der Waals surface area contributed by atoms with E-state index in [0.29, 0.717) is 28.7 Å². The fourth-order valence-corrected chi connectivity index (χ4v) is 4.96. The fourth-order valence-electron chi connectivity index (χ4n) is 4.96. The van der Waals surface area contributed by atoms with Crippen molar-refractivity contribution in [1.29, 1.82) is 0 Å². The first-order valence-corrected chi connectivity index (χ1v) is 12.8. The molecule has 0 fully saturated rings. The number of rotatable bonds is 7. The summed E-state index contributed by atoms with van der Waals surface area (Å²) in [7, 11) is 1.61. The summed E-state index contributed by atoms with van der Waals surface area (Å²) in [5, 5.41) is 7.78. The van der Waals surface area contributed by atoms with Crippen LogP contribution in [-0.4, -0.2) is 34.2 Å². The number of hydrogen-bond acceptors (Lipinski definition) is 4. The molecule has 1 atom stereocenters. The summed E-state index contributed by atoms with van der Waals surface area (Å²) in [4.78, 5) is 29.5. The van der Waals surface area contributed by atoms with Crippen molar-refractivity contribution in [2.45, 2.75) is 45.3 Å². The molecular weight excluding hydrogens is 476 g/mol. The zero-order chi connectivity index (χ0) is 26.9. The van der Waals surface area contributed by atoms with Gasteiger partial charge >= 0.3 is 0 Å². The minimum atomic E-state index is -1.22. The van der Waals surface area contributed by atoms with E-state index in [1.54, 1.807) is 29.7 Å². The van der Waals surface area contributed by atoms with Crippen LogP contribution in [0.1, 0.15) is 48.3 Å². The third-order valence-electron chi connectivity index (χ3n) is 7.16. The van der Waals surface area contributed by atoms with Crippen LogP contribution in [0.5, 0.6) is 5.75 Å². The zero-order valence-corrected chi connectivity index (χ0v) is 22.1. The Kier molecular flexibility index (Phi) is 6.76. The van der Waals surface area contributed by atoms with E-state index in [2.05, 4.69) is 19.2 Å². The van der Waals surface area contributed by atoms with E-state index in [4.69, 9.17) is 9.84 Å². The lowest BCUT2D eigenvalue weighted by molar-refractivity contribution is -0.126. The number of methoxy groups -OCH3 is 1. The molecule has 5 rings (SSSR count). The first kappa shape index (κ1) is 25.3. The molecule has 1 unspecified atom stereocenters. The molecule has 7 nitrogen and oxygen atoms in total. The Balaban J connectivity index is 1.53. The van der Waals surface area contributed by atoms with Crippen LogP contribution in [0.4, 0.5) is 5.69 Å². The van der Waals surface area contributed by atoms with Gasteiger partial charge in [0, 0.05) is 23.4 Å². The van der Waals surface area contributed by atoms with Gasteiger partial charge in [-0.05, 0) is 42.7 Å². The highest BCUT2D eigenvalue weighted by atomic mass is 16.5. The second-order valence-corrected chi connectivity index (χ2v) is 10.1. The predicted molar refractivity (Wildman–Crippen MR) is 148 cm³/mol. The first-order valence-electron chi connectivity index (χ1n) is 12.8. The molecule has 3 aromatic carbocycles. The first-order chi connectivity index (χ1) is 18.3. The van der Waals surface area contributed by atoms with Crippen LogP contribution in [0.25, 0.3) is 11.3 Å². The van der Waals surface area contributed by atoms with Crippen molar-refractivity contribution >= 4 is 17.5 Å². The largest absolute Gasteiger partial charge is 0.496 e. The van der Waals surface area contributed by atoms with Crippen LogP contribution in [0.15, 0.2) is 84.9 Å². The second kappa shape index (κ2) is 10.2. The van der Waals surface area contributed by atoms with Gasteiger partial charge in [-0.2, -0.15) is 5.10 Å². The number of nitrogens with zero attached hydrogens (tertiary/aromatic N) is 3. The molecular formula is C31H32N4O3. The topological polar surface area (TPSA) is 76.5 Å². The Morgan fingerprint density at radius 1 is 1.03 bits per heavy atom. The molecule has 0 aliphatic carbocycles. The number of carbonyl (C=O) groups is 2. The number of benzene rings is 3. The molecule has 38 heavy (non-hydrogen) atoms. The summed E-state index contributed by atoms with van der Waals surface area (Å²) in [6.45, 7) is 6.53. The third kappa shape index (κ3) is 4.56. The maximum Gasteiger partial charge on any atom is 0.277 e. The molecule has 7 heteroatoms. The van der Waals surface area contributed by atoms with Crippen LogP contribution in [0.3, 0.4) is 0 Å². The molecule has 1 aliphatic heterocycles. The lowest BCUT2D eigenvalue weighted by atomic mass is 9.93. The highest BCUT2D eigenvalue weighted by Gasteiger charge is 2.49. The van der Waals surface area contributed by atoms with Gasteiger partial charge in [-0.1, -0.05) is 74.5 Å². The van der Waals surface area contributed by atoms with Gasteiger partial charge in [-0.3, -0.25) is 19.2 Å². The van der Waals surface area contributed by atoms with E-state index in [1.807, 2.05) is 78.9 Å². The number of nitrogens with one attached hydrogen (secondary N) is 1. The molecule has 194 valence electrons. The molecule has 0 radical (unpaired) electrons. The lowest BCUT2D eigenvalue weighted by Crippen LogP contribution is -2.64. The normalized spacial score (nSPS) is 16.9. The summed E-state index contributed by atoms with van der Waals surface area (Å²) in [5.74, 6) is 0.512. The van der Waals surface area contributed by atoms with Crippen molar-refractivity contribution in [1.82, 2.24) is 15.1 Å². The molecule has 0 spiro atoms. The summed E-state index contributed by atoms with van der Waals surface area (Å²) in [5.41, 5.74) is 3.53. The predicted octanol–water partition coefficient (Wildman–Crippen LogP) is 5.42. The van der Waals surface area contributed by atoms with Crippen LogP contribution in [0.2, 0.25) is 0 Å². The third-order valence-corrected chi connectivity index (χ3v) is 7.16. The van der Waals surface area contributed by atoms with Crippen LogP contribution < -0.4 is 15.0 Å². The SMILES string of the molecule is COc1ccccc1CNC(=O)C1(C)Cn2nc(-c3ccccc3)cc2C(=O)N1c1ccc(C(C)C)cc1. The minimum Gasteiger partial charge on any atom is -0.496 e. The van der Waals surface area contributed by atoms with Crippen molar-refractivity contribution in [3.63, 3.8) is 0 Å². The molecule has 1 aromatic heterocycles. The van der Waals surface area contributed by atoms with Crippen LogP contribution in [0, 0.1) is 0 Å². The van der Waals surface area contributed by atoms with Gasteiger partial charge in [-0.15, -0.1) is 0 Å². The van der Waals surface area contributed by atoms with Crippen LogP contribution >= 0.6 is 0 Å². The Bertz CT molecular complexity index is 1460. The quantitative estimate of drug-likeness (QED) is 0.362. The lowest BCUT2D eigenvalue weighted by Gasteiger charge is -2.43. The molecule has 2 heterocycles. The Labute approximate surface area is 223 Å². The Morgan fingerprint density at radius 2 is 1.71 bits per heavy atom. The average molecular weight is 509 g/mol. The van der Waals surface area contributed by atoms with Gasteiger partial charge < -0.3 is 10.1 Å². The molecule has 1 aliphatic rings. The highest BCUT2D eigenvalue weighted by molar-refractivity contribution is 6.12. The number of para-hydroxylation sites is 1. The standard InChI is InChI=1S/C31H32N4O3/c1-21(2)22-14-16-25(17-15-22)35-29(36)27-18-26(23-10-6-5-7-11-23)33-34(27)20-31(35,3)30(37)32-19-24-12-8-9-13-28(24)38-4/h5-18,21H,19-20H2,1-4H3,(H,32,37). The zero-order valence-electron chi connectivity index (χ0n) is 22.1. The maximum absolute atomic E-state index is 14.0. The van der Waals surface area contributed by atoms with E-state index in [-0.39, 0.29) is 24.9 Å². The number of hydrogen-bond donors (Lipinski definition) is 1. The maximum atomic E-state index is 14.0. The van der Waals surface area contributed by atoms with Crippen molar-refractivity contribution in [2.24, 2.45) is 0 Å². The summed E-state index contributed by atoms with van der Waals surface area (Å²) >= 11 is 0. The van der Waals surface area contributed by atoms with Crippen molar-refractivity contribution in [3.8, 4) is 17.0 Å². The average Bonchev–Trinajstić information content (AvgIpc) is 3.36. The number of aromatic nitrogens is 2. The summed E-state index contributed by atoms with van der Waals surface area (Å²) < 4.78 is 7.11. The van der Waals surface area contributed by atoms with Gasteiger partial charge in [0.2, 0.25) is 5.91 Å². The van der Waals surface area contributed by atoms with Crippen LogP contribution in [-0.2, 0) is 17.9 Å². The van der Waals surface area contributed by atoms with Gasteiger partial charge in [0.25, 0.3) is 5.91 Å². The summed E-state index contributed by atoms with van der Waals surface area (Å²) in [6.07, 6.45) is 0. The van der Waals surface area contributed by atoms with E-state index in [1.165, 1.54) is 0 Å². The summed E-state index contributed by atoms with van der Waals surface area (Å²) in [6, 6.07) is 27.0. The van der Waals surface area contributed by atoms with E-state index in [9.17, 15) is 9.59 Å². The van der Waals surface area contributed by atoms with Crippen molar-refractivity contribution < 1.29 is 14.3 Å². The highest BCUT2D eigenvalue weighted by Crippen LogP contribution is 2.35. The van der Waals surface area contributed by atoms with Crippen molar-refractivity contribution in [2.75, 3.05) is 12.0 Å². The van der Waals surface area contributed by atoms with E-state index in [0.717, 1.165) is 16.7 Å². The number of anilines is 1. The fraction of sp³-hybridized carbons (Fsp3) is 0.258. The van der Waals surface area contributed by atoms with Gasteiger partial charge in [0.05, 0.1) is 19.3 Å². The molecule has 4 aromatic rings. The Morgan fingerprint density at radius 3 is 2.39 bits per heavy atom. The number of carbonyl (C=O) groups excluding carboxylic acids is 2. The van der Waals surface area contributed by atoms with Crippen molar-refractivity contribution in [3.05, 3.63) is 102 Å². The van der Waals surface area contributed by atoms with Gasteiger partial charge in [0.1, 0.15) is 17.0 Å². The van der Waals surface area contributed by atoms with E-state index < -0.39 is 5.54 Å². The number of fused-ring (bicyclic) bond motifs is 1. The number of ether oxygens (including phenoxy) is 1. The molecule has 2 amide bonds. The van der Waals surface area contributed by atoms with Gasteiger partial charge in [-0.25, -0.2) is 0 Å².